The number of rotatable bonds is 7. The van der Waals surface area contributed by atoms with Gasteiger partial charge in [0.15, 0.2) is 11.5 Å². The number of benzene rings is 3. The number of para-hydroxylation sites is 1. The second-order valence-corrected chi connectivity index (χ2v) is 7.65. The summed E-state index contributed by atoms with van der Waals surface area (Å²) in [6.07, 6.45) is 0. The van der Waals surface area contributed by atoms with Crippen LogP contribution in [-0.4, -0.2) is 32.6 Å². The molecule has 0 saturated carbocycles. The fraction of sp³-hybridized carbons (Fsp3) is 0.185. The highest BCUT2D eigenvalue weighted by Gasteiger charge is 2.42. The van der Waals surface area contributed by atoms with E-state index in [4.69, 9.17) is 9.47 Å². The van der Waals surface area contributed by atoms with Crippen molar-refractivity contribution >= 4 is 28.8 Å². The van der Waals surface area contributed by atoms with Crippen molar-refractivity contribution in [3.63, 3.8) is 0 Å². The lowest BCUT2D eigenvalue weighted by Gasteiger charge is -2.25. The molecule has 0 saturated heterocycles. The van der Waals surface area contributed by atoms with Gasteiger partial charge in [-0.1, -0.05) is 48.0 Å². The number of carbonyl (C=O) groups is 2. The molecule has 0 bridgehead atoms. The minimum absolute atomic E-state index is 0.354. The van der Waals surface area contributed by atoms with Crippen LogP contribution in [0.15, 0.2) is 78.5 Å². The van der Waals surface area contributed by atoms with Crippen molar-refractivity contribution in [1.82, 2.24) is 0 Å². The molecule has 0 N–H and O–H groups in total. The van der Waals surface area contributed by atoms with Crippen LogP contribution < -0.4 is 19.3 Å². The number of nitrogens with zero attached hydrogens (tertiary/aromatic N) is 2. The molecule has 168 valence electrons. The van der Waals surface area contributed by atoms with Crippen molar-refractivity contribution in [2.75, 3.05) is 30.6 Å². The summed E-state index contributed by atoms with van der Waals surface area (Å²) in [4.78, 5) is 30.7. The van der Waals surface area contributed by atoms with Crippen LogP contribution in [0.3, 0.4) is 0 Å². The maximum absolute atomic E-state index is 13.8. The quantitative estimate of drug-likeness (QED) is 0.491. The van der Waals surface area contributed by atoms with E-state index in [1.807, 2.05) is 73.3 Å². The van der Waals surface area contributed by atoms with Gasteiger partial charge in [-0.25, -0.2) is 4.90 Å². The van der Waals surface area contributed by atoms with Gasteiger partial charge in [0.05, 0.1) is 25.5 Å². The summed E-state index contributed by atoms with van der Waals surface area (Å²) in [6.45, 7) is 4.47. The minimum atomic E-state index is -0.381. The normalized spacial score (nSPS) is 13.5. The zero-order chi connectivity index (χ0) is 23.5. The molecule has 6 nitrogen and oxygen atoms in total. The fourth-order valence-corrected chi connectivity index (χ4v) is 4.03. The van der Waals surface area contributed by atoms with Crippen molar-refractivity contribution < 1.29 is 19.1 Å². The van der Waals surface area contributed by atoms with Crippen LogP contribution in [-0.2, 0) is 9.59 Å². The monoisotopic (exact) mass is 442 g/mol. The highest BCUT2D eigenvalue weighted by atomic mass is 16.5. The molecule has 33 heavy (non-hydrogen) atoms. The van der Waals surface area contributed by atoms with Crippen LogP contribution in [0.5, 0.6) is 11.5 Å². The number of amides is 2. The zero-order valence-electron chi connectivity index (χ0n) is 19.2. The minimum Gasteiger partial charge on any atom is -0.493 e. The second-order valence-electron chi connectivity index (χ2n) is 7.65. The summed E-state index contributed by atoms with van der Waals surface area (Å²) in [6, 6.07) is 22.3. The number of methoxy groups -OCH3 is 2. The Morgan fingerprint density at radius 2 is 1.48 bits per heavy atom. The van der Waals surface area contributed by atoms with E-state index in [-0.39, 0.29) is 11.8 Å². The number of hydrogen-bond acceptors (Lipinski definition) is 5. The molecule has 0 radical (unpaired) electrons. The molecule has 2 amide bonds. The molecule has 0 spiro atoms. The number of hydrogen-bond donors (Lipinski definition) is 0. The van der Waals surface area contributed by atoms with Crippen LogP contribution in [0.1, 0.15) is 18.1 Å². The molecule has 0 aliphatic carbocycles. The lowest BCUT2D eigenvalue weighted by Crippen LogP contribution is -2.35. The molecule has 1 heterocycles. The van der Waals surface area contributed by atoms with E-state index < -0.39 is 0 Å². The smallest absolute Gasteiger partial charge is 0.282 e. The van der Waals surface area contributed by atoms with E-state index in [1.54, 1.807) is 18.2 Å². The Balaban J connectivity index is 1.89. The SMILES string of the molecule is CCN(C1=C(c2ccc(C)cc2)C(=O)N(c2ccc(OC)c(OC)c2)C1=O)c1ccccc1. The molecule has 4 rings (SSSR count). The summed E-state index contributed by atoms with van der Waals surface area (Å²) in [5.41, 5.74) is 3.77. The highest BCUT2D eigenvalue weighted by Crippen LogP contribution is 2.39. The van der Waals surface area contributed by atoms with Gasteiger partial charge in [0, 0.05) is 18.3 Å². The van der Waals surface area contributed by atoms with Crippen LogP contribution in [0.25, 0.3) is 5.57 Å². The maximum Gasteiger partial charge on any atom is 0.282 e. The molecule has 3 aromatic rings. The molecular weight excluding hydrogens is 416 g/mol. The molecule has 0 fully saturated rings. The first-order valence-corrected chi connectivity index (χ1v) is 10.7. The van der Waals surface area contributed by atoms with E-state index in [9.17, 15) is 9.59 Å². The van der Waals surface area contributed by atoms with E-state index in [2.05, 4.69) is 0 Å². The Labute approximate surface area is 193 Å². The number of aryl methyl sites for hydroxylation is 1. The van der Waals surface area contributed by atoms with Crippen molar-refractivity contribution in [1.29, 1.82) is 0 Å². The summed E-state index contributed by atoms with van der Waals surface area (Å²) in [5, 5.41) is 0. The molecule has 0 unspecified atom stereocenters. The van der Waals surface area contributed by atoms with Gasteiger partial charge in [0.25, 0.3) is 11.8 Å². The first-order chi connectivity index (χ1) is 16.0. The first-order valence-electron chi connectivity index (χ1n) is 10.7. The Kier molecular flexibility index (Phi) is 6.18. The van der Waals surface area contributed by atoms with E-state index >= 15 is 0 Å². The molecule has 1 aliphatic rings. The van der Waals surface area contributed by atoms with Crippen molar-refractivity contribution in [2.24, 2.45) is 0 Å². The third-order valence-electron chi connectivity index (χ3n) is 5.68. The van der Waals surface area contributed by atoms with Crippen LogP contribution in [0.4, 0.5) is 11.4 Å². The van der Waals surface area contributed by atoms with Crippen LogP contribution in [0.2, 0.25) is 0 Å². The molecule has 3 aromatic carbocycles. The Morgan fingerprint density at radius 1 is 0.818 bits per heavy atom. The number of imide groups is 1. The predicted octanol–water partition coefficient (Wildman–Crippen LogP) is 4.82. The Hall–Kier alpha value is -4.06. The molecular formula is C27H26N2O4. The van der Waals surface area contributed by atoms with Gasteiger partial charge in [0.2, 0.25) is 0 Å². The Bertz CT molecular complexity index is 1220. The predicted molar refractivity (Wildman–Crippen MR) is 130 cm³/mol. The zero-order valence-corrected chi connectivity index (χ0v) is 19.2. The standard InChI is InChI=1S/C27H26N2O4/c1-5-28(20-9-7-6-8-10-20)25-24(19-13-11-18(2)12-14-19)26(30)29(27(25)31)21-15-16-22(32-3)23(17-21)33-4/h6-17H,5H2,1-4H3. The van der Waals surface area contributed by atoms with Crippen molar-refractivity contribution in [3.05, 3.63) is 89.6 Å². The van der Waals surface area contributed by atoms with E-state index in [1.165, 1.54) is 19.1 Å². The van der Waals surface area contributed by atoms with Gasteiger partial charge in [-0.3, -0.25) is 9.59 Å². The van der Waals surface area contributed by atoms with Gasteiger partial charge >= 0.3 is 0 Å². The topological polar surface area (TPSA) is 59.1 Å². The molecule has 1 aliphatic heterocycles. The van der Waals surface area contributed by atoms with Gasteiger partial charge in [0.1, 0.15) is 5.70 Å². The Morgan fingerprint density at radius 3 is 2.09 bits per heavy atom. The largest absolute Gasteiger partial charge is 0.493 e. The number of anilines is 2. The average molecular weight is 443 g/mol. The highest BCUT2D eigenvalue weighted by molar-refractivity contribution is 6.46. The fourth-order valence-electron chi connectivity index (χ4n) is 4.03. The van der Waals surface area contributed by atoms with E-state index in [0.29, 0.717) is 40.6 Å². The van der Waals surface area contributed by atoms with Gasteiger partial charge in [-0.2, -0.15) is 0 Å². The maximum atomic E-state index is 13.8. The van der Waals surface area contributed by atoms with Gasteiger partial charge in [-0.05, 0) is 43.7 Å². The van der Waals surface area contributed by atoms with E-state index in [0.717, 1.165) is 11.3 Å². The first kappa shape index (κ1) is 22.1. The summed E-state index contributed by atoms with van der Waals surface area (Å²) in [5.74, 6) is 0.206. The van der Waals surface area contributed by atoms with Gasteiger partial charge in [-0.15, -0.1) is 0 Å². The van der Waals surface area contributed by atoms with Gasteiger partial charge < -0.3 is 14.4 Å². The van der Waals surface area contributed by atoms with Crippen LogP contribution >= 0.6 is 0 Å². The lowest BCUT2D eigenvalue weighted by molar-refractivity contribution is -0.120. The third kappa shape index (κ3) is 3.96. The number of ether oxygens (including phenoxy) is 2. The number of carbonyl (C=O) groups excluding carboxylic acids is 2. The average Bonchev–Trinajstić information content (AvgIpc) is 3.10. The molecule has 0 aromatic heterocycles. The van der Waals surface area contributed by atoms with Crippen molar-refractivity contribution in [2.45, 2.75) is 13.8 Å². The summed E-state index contributed by atoms with van der Waals surface area (Å²) < 4.78 is 10.7. The summed E-state index contributed by atoms with van der Waals surface area (Å²) in [7, 11) is 3.06. The summed E-state index contributed by atoms with van der Waals surface area (Å²) >= 11 is 0. The van der Waals surface area contributed by atoms with Crippen molar-refractivity contribution in [3.8, 4) is 11.5 Å². The lowest BCUT2D eigenvalue weighted by atomic mass is 10.0. The molecule has 0 atom stereocenters. The van der Waals surface area contributed by atoms with Crippen LogP contribution in [0, 0.1) is 6.92 Å². The third-order valence-corrected chi connectivity index (χ3v) is 5.68. The molecule has 6 heteroatoms. The number of likely N-dealkylation sites (N-methyl/N-ethyl adjacent to an activating group) is 1. The second kappa shape index (κ2) is 9.20.